The van der Waals surface area contributed by atoms with Gasteiger partial charge in [0.2, 0.25) is 0 Å². The van der Waals surface area contributed by atoms with Crippen molar-refractivity contribution in [2.75, 3.05) is 20.1 Å². The van der Waals surface area contributed by atoms with Gasteiger partial charge in [0.1, 0.15) is 0 Å². The fourth-order valence-electron chi connectivity index (χ4n) is 2.77. The topological polar surface area (TPSA) is 21.1 Å². The summed E-state index contributed by atoms with van der Waals surface area (Å²) in [5.41, 5.74) is 0.589. The molecule has 0 N–H and O–H groups in total. The van der Waals surface area contributed by atoms with E-state index in [0.717, 1.165) is 32.0 Å². The Bertz CT molecular complexity index is 610. The third-order valence-electron chi connectivity index (χ3n) is 3.98. The number of rotatable bonds is 1. The molecule has 3 nitrogen and oxygen atoms in total. The Morgan fingerprint density at radius 3 is 2.55 bits per heavy atom. The molecule has 2 aromatic rings. The van der Waals surface area contributed by atoms with E-state index in [1.54, 1.807) is 6.33 Å². The number of likely N-dealkylation sites (tertiary alicyclic amines) is 1. The molecule has 2 heterocycles. The number of imidazole rings is 1. The summed E-state index contributed by atoms with van der Waals surface area (Å²) in [4.78, 5) is 6.45. The van der Waals surface area contributed by atoms with E-state index >= 15 is 0 Å². The van der Waals surface area contributed by atoms with E-state index in [0.29, 0.717) is 11.0 Å². The van der Waals surface area contributed by atoms with Crippen molar-refractivity contribution in [2.24, 2.45) is 0 Å². The fraction of sp³-hybridized carbons (Fsp3) is 0.500. The summed E-state index contributed by atoms with van der Waals surface area (Å²) >= 11 is 0. The van der Waals surface area contributed by atoms with Crippen LogP contribution in [0.15, 0.2) is 24.5 Å². The molecule has 1 aromatic carbocycles. The van der Waals surface area contributed by atoms with Crippen molar-refractivity contribution in [2.45, 2.75) is 25.1 Å². The maximum atomic E-state index is 12.8. The molecule has 6 heteroatoms. The predicted octanol–water partition coefficient (Wildman–Crippen LogP) is 3.32. The zero-order chi connectivity index (χ0) is 14.3. The third kappa shape index (κ3) is 2.40. The lowest BCUT2D eigenvalue weighted by Crippen LogP contribution is -2.31. The summed E-state index contributed by atoms with van der Waals surface area (Å²) in [6.45, 7) is 1.92. The maximum absolute atomic E-state index is 12.8. The maximum Gasteiger partial charge on any atom is 0.416 e. The number of aromatic nitrogens is 2. The summed E-state index contributed by atoms with van der Waals surface area (Å²) in [5.74, 6) is 0. The van der Waals surface area contributed by atoms with Gasteiger partial charge >= 0.3 is 6.18 Å². The van der Waals surface area contributed by atoms with Crippen molar-refractivity contribution in [3.05, 3.63) is 30.1 Å². The van der Waals surface area contributed by atoms with Crippen LogP contribution in [0.3, 0.4) is 0 Å². The van der Waals surface area contributed by atoms with Gasteiger partial charge in [0.25, 0.3) is 0 Å². The Balaban J connectivity index is 1.99. The lowest BCUT2D eigenvalue weighted by atomic mass is 10.0. The largest absolute Gasteiger partial charge is 0.416 e. The first-order valence-electron chi connectivity index (χ1n) is 6.67. The molecule has 0 unspecified atom stereocenters. The van der Waals surface area contributed by atoms with E-state index in [2.05, 4.69) is 16.9 Å². The van der Waals surface area contributed by atoms with Crippen molar-refractivity contribution in [3.63, 3.8) is 0 Å². The highest BCUT2D eigenvalue weighted by Gasteiger charge is 2.31. The molecule has 0 bridgehead atoms. The molecule has 1 fully saturated rings. The molecule has 0 spiro atoms. The highest BCUT2D eigenvalue weighted by Crippen LogP contribution is 2.33. The van der Waals surface area contributed by atoms with Crippen LogP contribution in [0.25, 0.3) is 11.0 Å². The Labute approximate surface area is 115 Å². The summed E-state index contributed by atoms with van der Waals surface area (Å²) in [7, 11) is 2.06. The van der Waals surface area contributed by atoms with Crippen LogP contribution in [0.2, 0.25) is 0 Å². The molecular weight excluding hydrogens is 267 g/mol. The number of fused-ring (bicyclic) bond motifs is 1. The van der Waals surface area contributed by atoms with E-state index in [4.69, 9.17) is 0 Å². The minimum Gasteiger partial charge on any atom is -0.327 e. The van der Waals surface area contributed by atoms with Crippen LogP contribution < -0.4 is 0 Å². The van der Waals surface area contributed by atoms with Gasteiger partial charge in [-0.05, 0) is 51.2 Å². The van der Waals surface area contributed by atoms with E-state index in [9.17, 15) is 13.2 Å². The summed E-state index contributed by atoms with van der Waals surface area (Å²) in [5, 5.41) is 0. The number of benzene rings is 1. The second kappa shape index (κ2) is 4.77. The van der Waals surface area contributed by atoms with Gasteiger partial charge in [0.05, 0.1) is 22.9 Å². The van der Waals surface area contributed by atoms with Crippen LogP contribution in [0.4, 0.5) is 13.2 Å². The van der Waals surface area contributed by atoms with Crippen molar-refractivity contribution < 1.29 is 13.2 Å². The van der Waals surface area contributed by atoms with E-state index in [1.165, 1.54) is 12.1 Å². The van der Waals surface area contributed by atoms with E-state index in [1.807, 2.05) is 4.57 Å². The van der Waals surface area contributed by atoms with Crippen molar-refractivity contribution in [1.29, 1.82) is 0 Å². The lowest BCUT2D eigenvalue weighted by Gasteiger charge is -2.30. The normalized spacial score (nSPS) is 18.8. The molecule has 20 heavy (non-hydrogen) atoms. The first-order valence-corrected chi connectivity index (χ1v) is 6.67. The number of hydrogen-bond donors (Lipinski definition) is 0. The van der Waals surface area contributed by atoms with Gasteiger partial charge in [0, 0.05) is 6.04 Å². The fourth-order valence-corrected chi connectivity index (χ4v) is 2.77. The molecule has 3 rings (SSSR count). The Morgan fingerprint density at radius 1 is 1.20 bits per heavy atom. The zero-order valence-corrected chi connectivity index (χ0v) is 11.2. The van der Waals surface area contributed by atoms with Crippen LogP contribution in [0, 0.1) is 0 Å². The number of nitrogens with zero attached hydrogens (tertiary/aromatic N) is 3. The quantitative estimate of drug-likeness (QED) is 0.800. The third-order valence-corrected chi connectivity index (χ3v) is 3.98. The van der Waals surface area contributed by atoms with Crippen molar-refractivity contribution >= 4 is 11.0 Å². The Hall–Kier alpha value is -1.56. The molecule has 0 atom stereocenters. The number of piperidine rings is 1. The van der Waals surface area contributed by atoms with Crippen LogP contribution in [0.1, 0.15) is 24.4 Å². The van der Waals surface area contributed by atoms with Gasteiger partial charge in [-0.3, -0.25) is 0 Å². The molecule has 1 aliphatic heterocycles. The average molecular weight is 283 g/mol. The predicted molar refractivity (Wildman–Crippen MR) is 70.5 cm³/mol. The summed E-state index contributed by atoms with van der Waals surface area (Å²) < 4.78 is 40.3. The highest BCUT2D eigenvalue weighted by atomic mass is 19.4. The van der Waals surface area contributed by atoms with Crippen molar-refractivity contribution in [1.82, 2.24) is 14.5 Å². The minimum atomic E-state index is -4.31. The molecule has 1 aromatic heterocycles. The summed E-state index contributed by atoms with van der Waals surface area (Å²) in [6.07, 6.45) is -0.757. The second-order valence-corrected chi connectivity index (χ2v) is 5.39. The second-order valence-electron chi connectivity index (χ2n) is 5.39. The number of halogens is 3. The highest BCUT2D eigenvalue weighted by molar-refractivity contribution is 5.76. The summed E-state index contributed by atoms with van der Waals surface area (Å²) in [6, 6.07) is 3.98. The van der Waals surface area contributed by atoms with Crippen LogP contribution >= 0.6 is 0 Å². The standard InChI is InChI=1S/C14H16F3N3/c1-19-6-4-11(5-7-19)20-9-18-12-3-2-10(8-13(12)20)14(15,16)17/h2-3,8-9,11H,4-7H2,1H3. The lowest BCUT2D eigenvalue weighted by molar-refractivity contribution is -0.137. The average Bonchev–Trinajstić information content (AvgIpc) is 2.81. The minimum absolute atomic E-state index is 0.236. The van der Waals surface area contributed by atoms with Crippen LogP contribution in [0.5, 0.6) is 0 Å². The number of alkyl halides is 3. The molecule has 1 saturated heterocycles. The molecule has 0 saturated carbocycles. The van der Waals surface area contributed by atoms with Gasteiger partial charge in [0.15, 0.2) is 0 Å². The Morgan fingerprint density at radius 2 is 1.90 bits per heavy atom. The first kappa shape index (κ1) is 13.4. The molecular formula is C14H16F3N3. The van der Waals surface area contributed by atoms with E-state index < -0.39 is 11.7 Å². The van der Waals surface area contributed by atoms with Gasteiger partial charge in [-0.15, -0.1) is 0 Å². The molecule has 0 amide bonds. The van der Waals surface area contributed by atoms with Crippen LogP contribution in [-0.2, 0) is 6.18 Å². The molecule has 1 aliphatic rings. The van der Waals surface area contributed by atoms with Gasteiger partial charge < -0.3 is 9.47 Å². The molecule has 0 radical (unpaired) electrons. The molecule has 108 valence electrons. The Kier molecular flexibility index (Phi) is 3.20. The monoisotopic (exact) mass is 283 g/mol. The number of hydrogen-bond acceptors (Lipinski definition) is 2. The van der Waals surface area contributed by atoms with Crippen LogP contribution in [-0.4, -0.2) is 34.6 Å². The molecule has 0 aliphatic carbocycles. The smallest absolute Gasteiger partial charge is 0.327 e. The first-order chi connectivity index (χ1) is 9.45. The van der Waals surface area contributed by atoms with E-state index in [-0.39, 0.29) is 6.04 Å². The zero-order valence-electron chi connectivity index (χ0n) is 11.2. The van der Waals surface area contributed by atoms with Gasteiger partial charge in [-0.25, -0.2) is 4.98 Å². The van der Waals surface area contributed by atoms with Gasteiger partial charge in [-0.1, -0.05) is 0 Å². The van der Waals surface area contributed by atoms with Crippen molar-refractivity contribution in [3.8, 4) is 0 Å². The SMILES string of the molecule is CN1CCC(n2cnc3ccc(C(F)(F)F)cc32)CC1. The van der Waals surface area contributed by atoms with Gasteiger partial charge in [-0.2, -0.15) is 13.2 Å².